The highest BCUT2D eigenvalue weighted by Crippen LogP contribution is 2.51. The molecular formula is C52H30O2S. The van der Waals surface area contributed by atoms with Crippen molar-refractivity contribution < 1.29 is 8.83 Å². The summed E-state index contributed by atoms with van der Waals surface area (Å²) in [6, 6.07) is 65.2. The number of hydrogen-bond donors (Lipinski definition) is 0. The van der Waals surface area contributed by atoms with Gasteiger partial charge in [0.2, 0.25) is 0 Å². The smallest absolute Gasteiger partial charge is 0.178 e. The Kier molecular flexibility index (Phi) is 6.54. The molecule has 0 aliphatic carbocycles. The summed E-state index contributed by atoms with van der Waals surface area (Å²) >= 11 is 1.87. The lowest BCUT2D eigenvalue weighted by Gasteiger charge is -2.19. The first kappa shape index (κ1) is 30.5. The highest BCUT2D eigenvalue weighted by Gasteiger charge is 2.25. The summed E-state index contributed by atoms with van der Waals surface area (Å²) in [6.45, 7) is 0. The summed E-state index contributed by atoms with van der Waals surface area (Å²) in [4.78, 5) is 0. The molecule has 55 heavy (non-hydrogen) atoms. The van der Waals surface area contributed by atoms with Gasteiger partial charge in [-0.3, -0.25) is 0 Å². The number of thiophene rings is 1. The third-order valence-corrected chi connectivity index (χ3v) is 12.4. The maximum atomic E-state index is 6.90. The molecule has 12 aromatic rings. The molecule has 0 aliphatic heterocycles. The second kappa shape index (κ2) is 11.8. The number of benzene rings is 9. The molecule has 3 heterocycles. The van der Waals surface area contributed by atoms with E-state index < -0.39 is 0 Å². The van der Waals surface area contributed by atoms with E-state index in [0.29, 0.717) is 0 Å². The van der Waals surface area contributed by atoms with E-state index >= 15 is 0 Å². The number of fused-ring (bicyclic) bond motifs is 10. The van der Waals surface area contributed by atoms with E-state index in [4.69, 9.17) is 8.83 Å². The van der Waals surface area contributed by atoms with Gasteiger partial charge in [0.15, 0.2) is 11.2 Å². The van der Waals surface area contributed by atoms with Crippen molar-refractivity contribution in [1.82, 2.24) is 0 Å². The molecule has 0 N–H and O–H groups in total. The summed E-state index contributed by atoms with van der Waals surface area (Å²) in [5.41, 5.74) is 10.5. The van der Waals surface area contributed by atoms with E-state index in [1.54, 1.807) is 0 Å². The van der Waals surface area contributed by atoms with Gasteiger partial charge in [-0.2, -0.15) is 0 Å². The quantitative estimate of drug-likeness (QED) is 0.169. The van der Waals surface area contributed by atoms with Gasteiger partial charge in [0.05, 0.1) is 0 Å². The molecule has 0 radical (unpaired) electrons. The minimum atomic E-state index is 0.763. The van der Waals surface area contributed by atoms with Crippen LogP contribution in [-0.2, 0) is 0 Å². The Morgan fingerprint density at radius 3 is 1.49 bits per heavy atom. The lowest BCUT2D eigenvalue weighted by Crippen LogP contribution is -1.91. The SMILES string of the molecule is c1ccc(-c2oc3c(ccc4c3oc3cccc(-c5c6ccccc6c(-c6cccc7sc8ccccc8c67)c6ccccc56)c34)c2-c2ccccc2)cc1. The van der Waals surface area contributed by atoms with E-state index in [9.17, 15) is 0 Å². The van der Waals surface area contributed by atoms with Gasteiger partial charge in [-0.1, -0.05) is 152 Å². The van der Waals surface area contributed by atoms with Crippen molar-refractivity contribution in [2.75, 3.05) is 0 Å². The predicted molar refractivity (Wildman–Crippen MR) is 233 cm³/mol. The summed E-state index contributed by atoms with van der Waals surface area (Å²) in [5.74, 6) is 0.843. The lowest BCUT2D eigenvalue weighted by atomic mass is 9.84. The van der Waals surface area contributed by atoms with Crippen molar-refractivity contribution in [3.05, 3.63) is 182 Å². The fraction of sp³-hybridized carbons (Fsp3) is 0. The largest absolute Gasteiger partial charge is 0.452 e. The zero-order chi connectivity index (χ0) is 36.0. The molecule has 0 atom stereocenters. The normalized spacial score (nSPS) is 12.0. The van der Waals surface area contributed by atoms with Gasteiger partial charge in [-0.05, 0) is 79.7 Å². The van der Waals surface area contributed by atoms with Gasteiger partial charge < -0.3 is 8.83 Å². The topological polar surface area (TPSA) is 26.3 Å². The minimum absolute atomic E-state index is 0.763. The Hall–Kier alpha value is -6.94. The van der Waals surface area contributed by atoms with Crippen LogP contribution in [0, 0.1) is 0 Å². The Morgan fingerprint density at radius 2 is 0.818 bits per heavy atom. The van der Waals surface area contributed by atoms with Crippen LogP contribution in [0.1, 0.15) is 0 Å². The maximum Gasteiger partial charge on any atom is 0.178 e. The van der Waals surface area contributed by atoms with Crippen LogP contribution in [-0.4, -0.2) is 0 Å². The Labute approximate surface area is 320 Å². The third kappa shape index (κ3) is 4.42. The van der Waals surface area contributed by atoms with Crippen LogP contribution in [0.15, 0.2) is 191 Å². The summed E-state index contributed by atoms with van der Waals surface area (Å²) in [6.07, 6.45) is 0. The Balaban J connectivity index is 1.17. The van der Waals surface area contributed by atoms with Gasteiger partial charge in [0, 0.05) is 47.5 Å². The summed E-state index contributed by atoms with van der Waals surface area (Å²) in [7, 11) is 0. The van der Waals surface area contributed by atoms with Crippen LogP contribution in [0.25, 0.3) is 119 Å². The standard InChI is InChI=1S/C52H30O2S/c1-3-15-31(16-4-1)45-40-29-30-41-48-38(24-13-26-42(48)53-51(41)52(40)54-50(45)32-17-5-2-6-18-32)46-33-19-7-9-21-35(33)47(36-22-10-8-20-34(36)46)39-25-14-28-44-49(39)37-23-11-12-27-43(37)55-44/h1-30H. The first-order valence-corrected chi connectivity index (χ1v) is 19.5. The van der Waals surface area contributed by atoms with Crippen molar-refractivity contribution in [3.63, 3.8) is 0 Å². The predicted octanol–water partition coefficient (Wildman–Crippen LogP) is 15.7. The van der Waals surface area contributed by atoms with Gasteiger partial charge in [0.1, 0.15) is 11.3 Å². The first-order chi connectivity index (χ1) is 27.3. The van der Waals surface area contributed by atoms with Crippen molar-refractivity contribution >= 4 is 86.0 Å². The molecule has 0 fully saturated rings. The molecule has 0 aliphatic rings. The molecule has 0 unspecified atom stereocenters. The highest BCUT2D eigenvalue weighted by molar-refractivity contribution is 7.26. The monoisotopic (exact) mass is 718 g/mol. The van der Waals surface area contributed by atoms with Crippen LogP contribution >= 0.6 is 11.3 Å². The van der Waals surface area contributed by atoms with Crippen LogP contribution in [0.4, 0.5) is 0 Å². The second-order valence-electron chi connectivity index (χ2n) is 14.3. The molecular weight excluding hydrogens is 689 g/mol. The fourth-order valence-electron chi connectivity index (χ4n) is 9.02. The molecule has 3 aromatic heterocycles. The van der Waals surface area contributed by atoms with Crippen molar-refractivity contribution in [3.8, 4) is 44.7 Å². The number of furan rings is 2. The third-order valence-electron chi connectivity index (χ3n) is 11.3. The van der Waals surface area contributed by atoms with Gasteiger partial charge >= 0.3 is 0 Å². The molecule has 0 amide bonds. The summed E-state index contributed by atoms with van der Waals surface area (Å²) < 4.78 is 16.4. The minimum Gasteiger partial charge on any atom is -0.452 e. The molecule has 0 spiro atoms. The van der Waals surface area contributed by atoms with Crippen molar-refractivity contribution in [2.45, 2.75) is 0 Å². The van der Waals surface area contributed by atoms with Gasteiger partial charge in [0.25, 0.3) is 0 Å². The molecule has 0 saturated heterocycles. The lowest BCUT2D eigenvalue weighted by molar-refractivity contribution is 0.612. The van der Waals surface area contributed by atoms with E-state index in [1.807, 2.05) is 17.4 Å². The van der Waals surface area contributed by atoms with E-state index in [2.05, 4.69) is 176 Å². The van der Waals surface area contributed by atoms with Gasteiger partial charge in [-0.15, -0.1) is 11.3 Å². The van der Waals surface area contributed by atoms with Gasteiger partial charge in [-0.25, -0.2) is 0 Å². The average molecular weight is 719 g/mol. The molecule has 12 rings (SSSR count). The van der Waals surface area contributed by atoms with Crippen LogP contribution in [0.2, 0.25) is 0 Å². The van der Waals surface area contributed by atoms with Crippen LogP contribution in [0.5, 0.6) is 0 Å². The maximum absolute atomic E-state index is 6.90. The second-order valence-corrected chi connectivity index (χ2v) is 15.3. The Bertz CT molecular complexity index is 3420. The fourth-order valence-corrected chi connectivity index (χ4v) is 10.2. The van der Waals surface area contributed by atoms with E-state index in [-0.39, 0.29) is 0 Å². The van der Waals surface area contributed by atoms with Crippen molar-refractivity contribution in [1.29, 1.82) is 0 Å². The molecule has 2 nitrogen and oxygen atoms in total. The first-order valence-electron chi connectivity index (χ1n) is 18.7. The molecule has 256 valence electrons. The zero-order valence-corrected chi connectivity index (χ0v) is 30.4. The molecule has 9 aromatic carbocycles. The highest BCUT2D eigenvalue weighted by atomic mass is 32.1. The van der Waals surface area contributed by atoms with E-state index in [1.165, 1.54) is 58.4 Å². The number of hydrogen-bond acceptors (Lipinski definition) is 3. The summed E-state index contributed by atoms with van der Waals surface area (Å²) in [5, 5.41) is 10.7. The molecule has 0 bridgehead atoms. The zero-order valence-electron chi connectivity index (χ0n) is 29.5. The molecule has 0 saturated carbocycles. The van der Waals surface area contributed by atoms with Crippen molar-refractivity contribution in [2.24, 2.45) is 0 Å². The van der Waals surface area contributed by atoms with Crippen LogP contribution in [0.3, 0.4) is 0 Å². The van der Waals surface area contributed by atoms with Crippen LogP contribution < -0.4 is 0 Å². The molecule has 3 heteroatoms. The Morgan fingerprint density at radius 1 is 0.309 bits per heavy atom. The number of rotatable bonds is 4. The van der Waals surface area contributed by atoms with E-state index in [0.717, 1.165) is 60.9 Å². The average Bonchev–Trinajstić information content (AvgIpc) is 3.95.